The molecule has 3 aliphatic heterocycles. The van der Waals surface area contributed by atoms with Crippen molar-refractivity contribution in [3.05, 3.63) is 36.0 Å². The Morgan fingerprint density at radius 3 is 2.58 bits per heavy atom. The number of epoxide rings is 1. The molecule has 0 aromatic rings. The van der Waals surface area contributed by atoms with Crippen LogP contribution in [0, 0.1) is 5.92 Å². The Morgan fingerprint density at radius 2 is 1.92 bits per heavy atom. The maximum absolute atomic E-state index is 12.3. The summed E-state index contributed by atoms with van der Waals surface area (Å²) >= 11 is 0. The van der Waals surface area contributed by atoms with Gasteiger partial charge in [0.05, 0.1) is 24.4 Å². The number of aldehydes is 1. The molecule has 0 aromatic heterocycles. The SMILES string of the molecule is CC(=O)OC(C)/C=C\C(=O)NC1CC(C)C(C/C=C(C)/C=C/C2O[C@H](CC=O)CC3(CO3)O2)OC1C. The van der Waals surface area contributed by atoms with Crippen molar-refractivity contribution in [2.45, 2.75) is 103 Å². The van der Waals surface area contributed by atoms with E-state index >= 15 is 0 Å². The van der Waals surface area contributed by atoms with Crippen molar-refractivity contribution in [3.63, 3.8) is 0 Å². The van der Waals surface area contributed by atoms with E-state index in [1.807, 2.05) is 26.0 Å². The molecule has 7 unspecified atom stereocenters. The molecule has 9 heteroatoms. The number of ether oxygens (including phenoxy) is 5. The molecule has 200 valence electrons. The van der Waals surface area contributed by atoms with Gasteiger partial charge in [0, 0.05) is 25.8 Å². The zero-order valence-corrected chi connectivity index (χ0v) is 21.8. The molecule has 0 bridgehead atoms. The Kier molecular flexibility index (Phi) is 10.0. The van der Waals surface area contributed by atoms with E-state index in [0.717, 1.165) is 24.7 Å². The predicted molar refractivity (Wildman–Crippen MR) is 132 cm³/mol. The molecule has 0 saturated carbocycles. The van der Waals surface area contributed by atoms with E-state index in [-0.39, 0.29) is 42.1 Å². The van der Waals surface area contributed by atoms with E-state index in [2.05, 4.69) is 18.3 Å². The number of carbonyl (C=O) groups excluding carboxylic acids is 3. The van der Waals surface area contributed by atoms with Crippen molar-refractivity contribution < 1.29 is 38.1 Å². The maximum atomic E-state index is 12.3. The topological polar surface area (TPSA) is 113 Å². The van der Waals surface area contributed by atoms with Gasteiger partial charge in [-0.25, -0.2) is 0 Å². The van der Waals surface area contributed by atoms with Crippen LogP contribution in [0.25, 0.3) is 0 Å². The summed E-state index contributed by atoms with van der Waals surface area (Å²) in [7, 11) is 0. The summed E-state index contributed by atoms with van der Waals surface area (Å²) in [5.74, 6) is -0.962. The second-order valence-corrected chi connectivity index (χ2v) is 9.97. The fraction of sp³-hybridized carbons (Fsp3) is 0.667. The van der Waals surface area contributed by atoms with Crippen LogP contribution in [-0.4, -0.2) is 67.3 Å². The van der Waals surface area contributed by atoms with Crippen LogP contribution in [0.1, 0.15) is 60.3 Å². The monoisotopic (exact) mass is 505 g/mol. The maximum Gasteiger partial charge on any atom is 0.303 e. The molecule has 1 spiro atoms. The minimum absolute atomic E-state index is 0.0401. The Balaban J connectivity index is 1.46. The zero-order chi connectivity index (χ0) is 26.3. The van der Waals surface area contributed by atoms with Crippen LogP contribution in [0.2, 0.25) is 0 Å². The van der Waals surface area contributed by atoms with Crippen LogP contribution in [0.5, 0.6) is 0 Å². The Morgan fingerprint density at radius 1 is 1.17 bits per heavy atom. The quantitative estimate of drug-likeness (QED) is 0.158. The lowest BCUT2D eigenvalue weighted by atomic mass is 9.88. The molecule has 1 amide bonds. The third-order valence-corrected chi connectivity index (χ3v) is 6.62. The number of hydrogen-bond donors (Lipinski definition) is 1. The second-order valence-electron chi connectivity index (χ2n) is 9.97. The standard InChI is InChI=1S/C27H39NO8/c1-17(7-11-26-35-22(12-13-29)15-27(36-26)16-32-27)6-9-24-18(2)14-23(20(4)34-24)28-25(31)10-8-19(3)33-21(5)30/h6-8,10-11,13,18-20,22-24,26H,9,12,14-16H2,1-5H3,(H,28,31)/b10-8-,11-7+,17-6+/t18?,19?,20?,22-,23?,24?,26?,27?/m1/s1. The number of amides is 1. The lowest BCUT2D eigenvalue weighted by Gasteiger charge is -2.39. The van der Waals surface area contributed by atoms with E-state index in [0.29, 0.717) is 19.4 Å². The van der Waals surface area contributed by atoms with Gasteiger partial charge >= 0.3 is 5.97 Å². The molecule has 1 N–H and O–H groups in total. The summed E-state index contributed by atoms with van der Waals surface area (Å²) in [5, 5.41) is 3.00. The second kappa shape index (κ2) is 12.8. The van der Waals surface area contributed by atoms with Crippen molar-refractivity contribution in [1.82, 2.24) is 5.32 Å². The van der Waals surface area contributed by atoms with Crippen molar-refractivity contribution >= 4 is 18.2 Å². The van der Waals surface area contributed by atoms with E-state index in [1.165, 1.54) is 13.0 Å². The fourth-order valence-corrected chi connectivity index (χ4v) is 4.54. The van der Waals surface area contributed by atoms with Crippen molar-refractivity contribution in [2.24, 2.45) is 5.92 Å². The molecule has 3 heterocycles. The minimum atomic E-state index is -0.595. The minimum Gasteiger partial charge on any atom is -0.459 e. The van der Waals surface area contributed by atoms with Crippen molar-refractivity contribution in [3.8, 4) is 0 Å². The molecular weight excluding hydrogens is 466 g/mol. The van der Waals surface area contributed by atoms with Gasteiger partial charge in [0.15, 0.2) is 12.1 Å². The highest BCUT2D eigenvalue weighted by molar-refractivity contribution is 5.87. The van der Waals surface area contributed by atoms with E-state index in [9.17, 15) is 14.4 Å². The number of rotatable bonds is 10. The van der Waals surface area contributed by atoms with Gasteiger partial charge in [-0.15, -0.1) is 0 Å². The van der Waals surface area contributed by atoms with Gasteiger partial charge in [-0.3, -0.25) is 9.59 Å². The summed E-state index contributed by atoms with van der Waals surface area (Å²) in [6.07, 6.45) is 10.9. The number of carbonyl (C=O) groups is 3. The van der Waals surface area contributed by atoms with Crippen LogP contribution in [0.3, 0.4) is 0 Å². The molecule has 3 aliphatic rings. The number of hydrogen-bond acceptors (Lipinski definition) is 8. The van der Waals surface area contributed by atoms with Crippen LogP contribution in [0.4, 0.5) is 0 Å². The first-order chi connectivity index (χ1) is 17.1. The molecule has 0 aromatic carbocycles. The Labute approximate surface area is 213 Å². The van der Waals surface area contributed by atoms with Gasteiger partial charge in [-0.2, -0.15) is 0 Å². The Bertz CT molecular complexity index is 877. The van der Waals surface area contributed by atoms with Gasteiger partial charge in [0.2, 0.25) is 5.91 Å². The first kappa shape index (κ1) is 28.2. The molecule has 0 radical (unpaired) electrons. The summed E-state index contributed by atoms with van der Waals surface area (Å²) in [5.41, 5.74) is 1.05. The third-order valence-electron chi connectivity index (χ3n) is 6.62. The summed E-state index contributed by atoms with van der Waals surface area (Å²) in [6.45, 7) is 9.67. The molecule has 36 heavy (non-hydrogen) atoms. The molecule has 0 aliphatic carbocycles. The average Bonchev–Trinajstić information content (AvgIpc) is 3.54. The molecular formula is C27H39NO8. The first-order valence-corrected chi connectivity index (χ1v) is 12.7. The molecule has 8 atom stereocenters. The van der Waals surface area contributed by atoms with Gasteiger partial charge in [-0.05, 0) is 51.7 Å². The van der Waals surface area contributed by atoms with Crippen LogP contribution in [0.15, 0.2) is 36.0 Å². The highest BCUT2D eigenvalue weighted by Gasteiger charge is 2.53. The Hall–Kier alpha value is -2.33. The van der Waals surface area contributed by atoms with E-state index in [1.54, 1.807) is 13.0 Å². The molecule has 9 nitrogen and oxygen atoms in total. The van der Waals surface area contributed by atoms with Crippen LogP contribution in [-0.2, 0) is 38.1 Å². The number of esters is 1. The highest BCUT2D eigenvalue weighted by atomic mass is 16.8. The van der Waals surface area contributed by atoms with Gasteiger partial charge < -0.3 is 33.8 Å². The molecule has 3 saturated heterocycles. The first-order valence-electron chi connectivity index (χ1n) is 12.7. The van der Waals surface area contributed by atoms with Crippen molar-refractivity contribution in [1.29, 1.82) is 0 Å². The molecule has 3 rings (SSSR count). The fourth-order valence-electron chi connectivity index (χ4n) is 4.54. The van der Waals surface area contributed by atoms with Crippen LogP contribution >= 0.6 is 0 Å². The largest absolute Gasteiger partial charge is 0.459 e. The summed E-state index contributed by atoms with van der Waals surface area (Å²) < 4.78 is 28.4. The zero-order valence-electron chi connectivity index (χ0n) is 21.8. The van der Waals surface area contributed by atoms with Gasteiger partial charge in [0.25, 0.3) is 0 Å². The average molecular weight is 506 g/mol. The third kappa shape index (κ3) is 8.65. The molecule has 3 fully saturated rings. The highest BCUT2D eigenvalue weighted by Crippen LogP contribution is 2.40. The number of nitrogens with one attached hydrogen (secondary N) is 1. The van der Waals surface area contributed by atoms with Gasteiger partial charge in [0.1, 0.15) is 19.0 Å². The van der Waals surface area contributed by atoms with E-state index in [4.69, 9.17) is 23.7 Å². The van der Waals surface area contributed by atoms with Crippen LogP contribution < -0.4 is 5.32 Å². The lowest BCUT2D eigenvalue weighted by Crippen LogP contribution is -2.50. The van der Waals surface area contributed by atoms with Gasteiger partial charge in [-0.1, -0.05) is 24.6 Å². The summed E-state index contributed by atoms with van der Waals surface area (Å²) in [4.78, 5) is 34.2. The smallest absolute Gasteiger partial charge is 0.303 e. The normalized spacial score (nSPS) is 35.6. The predicted octanol–water partition coefficient (Wildman–Crippen LogP) is 3.13. The summed E-state index contributed by atoms with van der Waals surface area (Å²) in [6, 6.07) is -0.0979. The van der Waals surface area contributed by atoms with Crippen molar-refractivity contribution in [2.75, 3.05) is 6.61 Å². The van der Waals surface area contributed by atoms with E-state index < -0.39 is 18.2 Å². The number of allylic oxidation sites excluding steroid dienone is 2. The lowest BCUT2D eigenvalue weighted by molar-refractivity contribution is -0.256.